The highest BCUT2D eigenvalue weighted by Crippen LogP contribution is 2.25. The number of ether oxygens (including phenoxy) is 1. The predicted octanol–water partition coefficient (Wildman–Crippen LogP) is 3.18. The summed E-state index contributed by atoms with van der Waals surface area (Å²) in [5.41, 5.74) is 1.16. The van der Waals surface area contributed by atoms with Crippen LogP contribution >= 0.6 is 0 Å². The molecule has 3 aromatic rings. The van der Waals surface area contributed by atoms with Crippen LogP contribution in [0.5, 0.6) is 5.75 Å². The minimum absolute atomic E-state index is 0.0442. The van der Waals surface area contributed by atoms with Gasteiger partial charge in [0.15, 0.2) is 0 Å². The summed E-state index contributed by atoms with van der Waals surface area (Å²) in [5, 5.41) is 14.0. The van der Waals surface area contributed by atoms with Gasteiger partial charge < -0.3 is 24.9 Å². The van der Waals surface area contributed by atoms with Crippen molar-refractivity contribution < 1.29 is 33.4 Å². The molecule has 4 amide bonds. The summed E-state index contributed by atoms with van der Waals surface area (Å²) in [4.78, 5) is 49.1. The summed E-state index contributed by atoms with van der Waals surface area (Å²) in [6, 6.07) is 15.4. The number of methoxy groups -OCH3 is 1. The van der Waals surface area contributed by atoms with Crippen molar-refractivity contribution in [2.45, 2.75) is 0 Å². The average molecular weight is 461 g/mol. The topological polar surface area (TPSA) is 138 Å². The third-order valence-electron chi connectivity index (χ3n) is 4.97. The summed E-state index contributed by atoms with van der Waals surface area (Å²) in [5.74, 6) is -1.09. The molecule has 2 aromatic carbocycles. The smallest absolute Gasteiger partial charge is 0.335 e. The molecular weight excluding hydrogens is 442 g/mol. The predicted molar refractivity (Wildman–Crippen MR) is 121 cm³/mol. The molecule has 0 spiro atoms. The van der Waals surface area contributed by atoms with Crippen LogP contribution in [0, 0.1) is 0 Å². The van der Waals surface area contributed by atoms with Crippen LogP contribution in [0.25, 0.3) is 17.4 Å². The largest absolute Gasteiger partial charge is 0.495 e. The molecule has 0 aliphatic carbocycles. The van der Waals surface area contributed by atoms with Crippen molar-refractivity contribution >= 4 is 35.6 Å². The van der Waals surface area contributed by atoms with Crippen LogP contribution < -0.4 is 15.4 Å². The SMILES string of the molecule is COc1ccccc1NC(=O)CN1C(=O)N/C(=C/c2ccc(-c3ccc(C(=O)O)cc3)o2)C1=O. The van der Waals surface area contributed by atoms with E-state index in [-0.39, 0.29) is 11.3 Å². The Kier molecular flexibility index (Phi) is 6.13. The molecule has 1 fully saturated rings. The Morgan fingerprint density at radius 1 is 1.09 bits per heavy atom. The summed E-state index contributed by atoms with van der Waals surface area (Å²) >= 11 is 0. The normalized spacial score (nSPS) is 14.3. The Bertz CT molecular complexity index is 1310. The van der Waals surface area contributed by atoms with Gasteiger partial charge in [0.1, 0.15) is 29.5 Å². The molecular formula is C24H19N3O7. The number of para-hydroxylation sites is 2. The highest BCUT2D eigenvalue weighted by atomic mass is 16.5. The van der Waals surface area contributed by atoms with E-state index in [9.17, 15) is 19.2 Å². The van der Waals surface area contributed by atoms with E-state index in [0.717, 1.165) is 4.90 Å². The second kappa shape index (κ2) is 9.33. The average Bonchev–Trinajstić information content (AvgIpc) is 3.40. The van der Waals surface area contributed by atoms with Crippen molar-refractivity contribution in [2.75, 3.05) is 19.0 Å². The maximum Gasteiger partial charge on any atom is 0.335 e. The van der Waals surface area contributed by atoms with Crippen LogP contribution in [0.15, 0.2) is 70.8 Å². The monoisotopic (exact) mass is 461 g/mol. The van der Waals surface area contributed by atoms with E-state index in [1.54, 1.807) is 48.5 Å². The van der Waals surface area contributed by atoms with Gasteiger partial charge in [-0.25, -0.2) is 14.5 Å². The lowest BCUT2D eigenvalue weighted by Gasteiger charge is -2.13. The molecule has 0 unspecified atom stereocenters. The van der Waals surface area contributed by atoms with Crippen LogP contribution in [-0.2, 0) is 9.59 Å². The molecule has 1 saturated heterocycles. The number of amides is 4. The standard InChI is InChI=1S/C24H19N3O7/c1-33-20-5-3-2-4-17(20)25-21(28)13-27-22(29)18(26-24(27)32)12-16-10-11-19(34-16)14-6-8-15(9-7-14)23(30)31/h2-12H,13H2,1H3,(H,25,28)(H,26,32)(H,30,31)/b18-12+. The molecule has 1 aliphatic heterocycles. The van der Waals surface area contributed by atoms with Crippen molar-refractivity contribution in [3.8, 4) is 17.1 Å². The van der Waals surface area contributed by atoms with Gasteiger partial charge in [0.25, 0.3) is 5.91 Å². The molecule has 172 valence electrons. The number of nitrogens with one attached hydrogen (secondary N) is 2. The minimum Gasteiger partial charge on any atom is -0.495 e. The van der Waals surface area contributed by atoms with Crippen molar-refractivity contribution in [2.24, 2.45) is 0 Å². The van der Waals surface area contributed by atoms with Crippen molar-refractivity contribution in [3.63, 3.8) is 0 Å². The Hall–Kier alpha value is -4.86. The fraction of sp³-hybridized carbons (Fsp3) is 0.0833. The number of carboxylic acid groups (broad SMARTS) is 1. The molecule has 1 aromatic heterocycles. The van der Waals surface area contributed by atoms with E-state index in [0.29, 0.717) is 28.5 Å². The Morgan fingerprint density at radius 2 is 1.82 bits per heavy atom. The molecule has 3 N–H and O–H groups in total. The fourth-order valence-corrected chi connectivity index (χ4v) is 3.30. The van der Waals surface area contributed by atoms with Gasteiger partial charge in [-0.1, -0.05) is 24.3 Å². The lowest BCUT2D eigenvalue weighted by atomic mass is 10.1. The third kappa shape index (κ3) is 4.65. The molecule has 0 radical (unpaired) electrons. The number of carboxylic acids is 1. The Morgan fingerprint density at radius 3 is 2.53 bits per heavy atom. The number of benzene rings is 2. The first-order valence-corrected chi connectivity index (χ1v) is 10.1. The zero-order valence-electron chi connectivity index (χ0n) is 17.9. The van der Waals surface area contributed by atoms with Crippen LogP contribution in [0.3, 0.4) is 0 Å². The molecule has 34 heavy (non-hydrogen) atoms. The third-order valence-corrected chi connectivity index (χ3v) is 4.97. The number of furan rings is 1. The van der Waals surface area contributed by atoms with Gasteiger partial charge in [-0.2, -0.15) is 0 Å². The van der Waals surface area contributed by atoms with Gasteiger partial charge in [-0.3, -0.25) is 9.59 Å². The minimum atomic E-state index is -1.03. The molecule has 1 aliphatic rings. The molecule has 10 heteroatoms. The first kappa shape index (κ1) is 22.3. The number of hydrogen-bond donors (Lipinski definition) is 3. The number of imide groups is 1. The second-order valence-corrected chi connectivity index (χ2v) is 7.21. The number of rotatable bonds is 7. The van der Waals surface area contributed by atoms with E-state index >= 15 is 0 Å². The molecule has 2 heterocycles. The summed E-state index contributed by atoms with van der Waals surface area (Å²) in [7, 11) is 1.46. The second-order valence-electron chi connectivity index (χ2n) is 7.21. The number of carbonyl (C=O) groups excluding carboxylic acids is 3. The van der Waals surface area contributed by atoms with Gasteiger partial charge >= 0.3 is 12.0 Å². The van der Waals surface area contributed by atoms with Gasteiger partial charge in [-0.05, 0) is 36.4 Å². The van der Waals surface area contributed by atoms with E-state index in [4.69, 9.17) is 14.3 Å². The van der Waals surface area contributed by atoms with Crippen molar-refractivity contribution in [1.29, 1.82) is 0 Å². The first-order chi connectivity index (χ1) is 16.4. The first-order valence-electron chi connectivity index (χ1n) is 10.1. The fourth-order valence-electron chi connectivity index (χ4n) is 3.30. The number of nitrogens with zero attached hydrogens (tertiary/aromatic N) is 1. The zero-order valence-corrected chi connectivity index (χ0v) is 17.9. The molecule has 10 nitrogen and oxygen atoms in total. The lowest BCUT2D eigenvalue weighted by Crippen LogP contribution is -2.38. The van der Waals surface area contributed by atoms with E-state index in [1.165, 1.54) is 25.3 Å². The lowest BCUT2D eigenvalue weighted by molar-refractivity contribution is -0.127. The highest BCUT2D eigenvalue weighted by molar-refractivity contribution is 6.15. The van der Waals surface area contributed by atoms with E-state index < -0.39 is 30.4 Å². The zero-order chi connectivity index (χ0) is 24.2. The van der Waals surface area contributed by atoms with E-state index in [1.807, 2.05) is 0 Å². The molecule has 0 bridgehead atoms. The van der Waals surface area contributed by atoms with Crippen molar-refractivity contribution in [1.82, 2.24) is 10.2 Å². The van der Waals surface area contributed by atoms with Gasteiger partial charge in [-0.15, -0.1) is 0 Å². The summed E-state index contributed by atoms with van der Waals surface area (Å²) < 4.78 is 10.9. The van der Waals surface area contributed by atoms with Crippen LogP contribution in [0.4, 0.5) is 10.5 Å². The highest BCUT2D eigenvalue weighted by Gasteiger charge is 2.35. The van der Waals surface area contributed by atoms with Gasteiger partial charge in [0.05, 0.1) is 18.4 Å². The maximum atomic E-state index is 12.7. The van der Waals surface area contributed by atoms with Crippen molar-refractivity contribution in [3.05, 3.63) is 77.7 Å². The van der Waals surface area contributed by atoms with Crippen LogP contribution in [0.1, 0.15) is 16.1 Å². The Labute approximate surface area is 193 Å². The van der Waals surface area contributed by atoms with Gasteiger partial charge in [0.2, 0.25) is 5.91 Å². The number of aromatic carboxylic acids is 1. The van der Waals surface area contributed by atoms with Crippen LogP contribution in [0.2, 0.25) is 0 Å². The number of carbonyl (C=O) groups is 4. The Balaban J connectivity index is 1.44. The molecule has 0 saturated carbocycles. The number of anilines is 1. The molecule has 0 atom stereocenters. The van der Waals surface area contributed by atoms with Gasteiger partial charge in [0, 0.05) is 11.6 Å². The number of urea groups is 1. The maximum absolute atomic E-state index is 12.7. The summed E-state index contributed by atoms with van der Waals surface area (Å²) in [6.07, 6.45) is 1.35. The summed E-state index contributed by atoms with van der Waals surface area (Å²) in [6.45, 7) is -0.487. The number of hydrogen-bond acceptors (Lipinski definition) is 6. The van der Waals surface area contributed by atoms with Crippen LogP contribution in [-0.4, -0.2) is 47.5 Å². The quantitative estimate of drug-likeness (QED) is 0.363. The van der Waals surface area contributed by atoms with E-state index in [2.05, 4.69) is 10.6 Å². The molecule has 4 rings (SSSR count).